The summed E-state index contributed by atoms with van der Waals surface area (Å²) in [6.07, 6.45) is 3.02. The monoisotopic (exact) mass is 217 g/mol. The maximum atomic E-state index is 8.93. The minimum Gasteiger partial charge on any atom is -0.423 e. The number of hydrogen-bond donors (Lipinski definition) is 2. The molecule has 6 heteroatoms. The standard InChI is InChI=1S/C10H12BN3O2/c1-8-3-2-4-10(13-8)7-14-6-9(5-12-14)11(15)16/h2-6,15-16H,7H2,1H3. The van der Waals surface area contributed by atoms with Crippen LogP contribution in [0.15, 0.2) is 30.6 Å². The van der Waals surface area contributed by atoms with Gasteiger partial charge >= 0.3 is 7.12 Å². The topological polar surface area (TPSA) is 71.2 Å². The second-order valence-electron chi connectivity index (χ2n) is 3.62. The summed E-state index contributed by atoms with van der Waals surface area (Å²) < 4.78 is 1.62. The molecule has 0 fully saturated rings. The van der Waals surface area contributed by atoms with E-state index >= 15 is 0 Å². The highest BCUT2D eigenvalue weighted by molar-refractivity contribution is 6.58. The molecule has 0 atom stereocenters. The molecule has 0 aliphatic carbocycles. The summed E-state index contributed by atoms with van der Waals surface area (Å²) in [7, 11) is -1.47. The van der Waals surface area contributed by atoms with Crippen LogP contribution in [0.5, 0.6) is 0 Å². The van der Waals surface area contributed by atoms with E-state index in [9.17, 15) is 0 Å². The van der Waals surface area contributed by atoms with Crippen molar-refractivity contribution in [3.05, 3.63) is 42.0 Å². The van der Waals surface area contributed by atoms with Crippen LogP contribution in [0.1, 0.15) is 11.4 Å². The summed E-state index contributed by atoms with van der Waals surface area (Å²) in [6.45, 7) is 2.45. The summed E-state index contributed by atoms with van der Waals surface area (Å²) in [5.74, 6) is 0. The van der Waals surface area contributed by atoms with Gasteiger partial charge in [-0.2, -0.15) is 5.10 Å². The molecule has 0 aliphatic rings. The van der Waals surface area contributed by atoms with Crippen molar-refractivity contribution in [2.45, 2.75) is 13.5 Å². The molecule has 82 valence electrons. The van der Waals surface area contributed by atoms with Gasteiger partial charge in [0.25, 0.3) is 0 Å². The third-order valence-corrected chi connectivity index (χ3v) is 2.22. The molecule has 2 aromatic rings. The summed E-state index contributed by atoms with van der Waals surface area (Å²) in [4.78, 5) is 4.34. The Labute approximate surface area is 93.5 Å². The van der Waals surface area contributed by atoms with E-state index in [-0.39, 0.29) is 0 Å². The first kappa shape index (κ1) is 10.8. The van der Waals surface area contributed by atoms with Gasteiger partial charge in [0, 0.05) is 23.6 Å². The zero-order valence-corrected chi connectivity index (χ0v) is 8.91. The lowest BCUT2D eigenvalue weighted by Gasteiger charge is -2.01. The second-order valence-corrected chi connectivity index (χ2v) is 3.62. The molecular weight excluding hydrogens is 205 g/mol. The highest BCUT2D eigenvalue weighted by Gasteiger charge is 2.13. The average molecular weight is 217 g/mol. The molecule has 0 saturated heterocycles. The molecule has 16 heavy (non-hydrogen) atoms. The van der Waals surface area contributed by atoms with E-state index in [0.29, 0.717) is 12.0 Å². The molecule has 0 bridgehead atoms. The van der Waals surface area contributed by atoms with E-state index in [1.54, 1.807) is 10.9 Å². The third kappa shape index (κ3) is 2.47. The Hall–Kier alpha value is -1.66. The number of aryl methyl sites for hydroxylation is 1. The Morgan fingerprint density at radius 3 is 2.81 bits per heavy atom. The van der Waals surface area contributed by atoms with Crippen LogP contribution in [0.4, 0.5) is 0 Å². The fourth-order valence-electron chi connectivity index (χ4n) is 1.45. The number of pyridine rings is 1. The van der Waals surface area contributed by atoms with Crippen LogP contribution >= 0.6 is 0 Å². The smallest absolute Gasteiger partial charge is 0.423 e. The molecule has 0 radical (unpaired) electrons. The Morgan fingerprint density at radius 1 is 1.38 bits per heavy atom. The number of nitrogens with zero attached hydrogens (tertiary/aromatic N) is 3. The van der Waals surface area contributed by atoms with E-state index in [2.05, 4.69) is 10.1 Å². The van der Waals surface area contributed by atoms with Gasteiger partial charge in [-0.1, -0.05) is 6.07 Å². The first-order valence-corrected chi connectivity index (χ1v) is 4.96. The van der Waals surface area contributed by atoms with Crippen molar-refractivity contribution >= 4 is 12.6 Å². The molecule has 0 spiro atoms. The van der Waals surface area contributed by atoms with Crippen LogP contribution in [0.2, 0.25) is 0 Å². The van der Waals surface area contributed by atoms with Gasteiger partial charge in [-0.3, -0.25) is 9.67 Å². The van der Waals surface area contributed by atoms with Crippen LogP contribution < -0.4 is 5.46 Å². The maximum absolute atomic E-state index is 8.93. The van der Waals surface area contributed by atoms with Crippen LogP contribution in [0, 0.1) is 6.92 Å². The van der Waals surface area contributed by atoms with E-state index in [0.717, 1.165) is 11.4 Å². The van der Waals surface area contributed by atoms with Gasteiger partial charge in [-0.25, -0.2) is 0 Å². The Morgan fingerprint density at radius 2 is 2.19 bits per heavy atom. The van der Waals surface area contributed by atoms with Gasteiger partial charge in [0.1, 0.15) is 0 Å². The molecule has 2 aromatic heterocycles. The predicted molar refractivity (Wildman–Crippen MR) is 60.1 cm³/mol. The Kier molecular flexibility index (Phi) is 3.03. The first-order chi connectivity index (χ1) is 7.65. The predicted octanol–water partition coefficient (Wildman–Crippen LogP) is -0.685. The fraction of sp³-hybridized carbons (Fsp3) is 0.200. The minimum absolute atomic E-state index is 0.382. The average Bonchev–Trinajstić information content (AvgIpc) is 2.66. The van der Waals surface area contributed by atoms with Gasteiger partial charge in [0.05, 0.1) is 12.2 Å². The lowest BCUT2D eigenvalue weighted by atomic mass is 9.83. The van der Waals surface area contributed by atoms with Crippen molar-refractivity contribution in [2.24, 2.45) is 0 Å². The molecule has 2 heterocycles. The van der Waals surface area contributed by atoms with Crippen molar-refractivity contribution in [1.82, 2.24) is 14.8 Å². The molecular formula is C10H12BN3O2. The number of rotatable bonds is 3. The summed E-state index contributed by atoms with van der Waals surface area (Å²) in [6, 6.07) is 5.77. The molecule has 2 N–H and O–H groups in total. The molecule has 0 amide bonds. The van der Waals surface area contributed by atoms with Crippen molar-refractivity contribution in [3.8, 4) is 0 Å². The lowest BCUT2D eigenvalue weighted by molar-refractivity contribution is 0.425. The van der Waals surface area contributed by atoms with Gasteiger partial charge in [0.15, 0.2) is 0 Å². The molecule has 0 aliphatic heterocycles. The van der Waals surface area contributed by atoms with Crippen LogP contribution in [0.25, 0.3) is 0 Å². The summed E-state index contributed by atoms with van der Waals surface area (Å²) in [5, 5.41) is 21.9. The molecule has 0 saturated carbocycles. The fourth-order valence-corrected chi connectivity index (χ4v) is 1.45. The lowest BCUT2D eigenvalue weighted by Crippen LogP contribution is -2.28. The highest BCUT2D eigenvalue weighted by atomic mass is 16.4. The normalized spacial score (nSPS) is 10.4. The Bertz CT molecular complexity index is 484. The summed E-state index contributed by atoms with van der Waals surface area (Å²) in [5.41, 5.74) is 2.22. The first-order valence-electron chi connectivity index (χ1n) is 4.96. The second kappa shape index (κ2) is 4.46. The summed E-state index contributed by atoms with van der Waals surface area (Å²) >= 11 is 0. The van der Waals surface area contributed by atoms with E-state index in [1.807, 2.05) is 25.1 Å². The molecule has 2 rings (SSSR count). The maximum Gasteiger partial charge on any atom is 0.491 e. The quantitative estimate of drug-likeness (QED) is 0.668. The molecule has 0 aromatic carbocycles. The number of hydrogen-bond acceptors (Lipinski definition) is 4. The van der Waals surface area contributed by atoms with Crippen LogP contribution in [0.3, 0.4) is 0 Å². The van der Waals surface area contributed by atoms with Gasteiger partial charge in [-0.05, 0) is 19.1 Å². The van der Waals surface area contributed by atoms with E-state index in [4.69, 9.17) is 10.0 Å². The minimum atomic E-state index is -1.47. The van der Waals surface area contributed by atoms with Gasteiger partial charge < -0.3 is 10.0 Å². The van der Waals surface area contributed by atoms with Crippen molar-refractivity contribution in [2.75, 3.05) is 0 Å². The molecule has 5 nitrogen and oxygen atoms in total. The highest BCUT2D eigenvalue weighted by Crippen LogP contribution is 2.00. The van der Waals surface area contributed by atoms with Crippen LogP contribution in [-0.4, -0.2) is 31.9 Å². The van der Waals surface area contributed by atoms with Crippen molar-refractivity contribution in [1.29, 1.82) is 0 Å². The van der Waals surface area contributed by atoms with Gasteiger partial charge in [-0.15, -0.1) is 0 Å². The SMILES string of the molecule is Cc1cccc(Cn2cc(B(O)O)cn2)n1. The van der Waals surface area contributed by atoms with Crippen LogP contribution in [-0.2, 0) is 6.54 Å². The zero-order valence-electron chi connectivity index (χ0n) is 8.91. The van der Waals surface area contributed by atoms with Gasteiger partial charge in [0.2, 0.25) is 0 Å². The van der Waals surface area contributed by atoms with E-state index in [1.165, 1.54) is 6.20 Å². The van der Waals surface area contributed by atoms with E-state index < -0.39 is 7.12 Å². The van der Waals surface area contributed by atoms with Crippen molar-refractivity contribution in [3.63, 3.8) is 0 Å². The third-order valence-electron chi connectivity index (χ3n) is 2.22. The largest absolute Gasteiger partial charge is 0.491 e. The van der Waals surface area contributed by atoms with Crippen molar-refractivity contribution < 1.29 is 10.0 Å². The Balaban J connectivity index is 2.14. The molecule has 0 unspecified atom stereocenters. The number of aromatic nitrogens is 3. The zero-order chi connectivity index (χ0) is 11.5.